The van der Waals surface area contributed by atoms with Crippen LogP contribution in [0.5, 0.6) is 0 Å². The van der Waals surface area contributed by atoms with E-state index in [9.17, 15) is 51.8 Å². The smallest absolute Gasteiger partial charge is 1.00 e. The average Bonchev–Trinajstić information content (AvgIpc) is 2.60. The predicted molar refractivity (Wildman–Crippen MR) is 65.4 cm³/mol. The Morgan fingerprint density at radius 2 is 1.04 bits per heavy atom. The minimum absolute atomic E-state index is 0. The number of thiophene rings is 1. The summed E-state index contributed by atoms with van der Waals surface area (Å²) >= 11 is 1.82. The molecule has 0 aliphatic carbocycles. The van der Waals surface area contributed by atoms with E-state index >= 15 is 0 Å². The number of hydrogen-bond donors (Lipinski definition) is 0. The van der Waals surface area contributed by atoms with Crippen molar-refractivity contribution in [1.29, 1.82) is 0 Å². The molecule has 0 saturated heterocycles. The van der Waals surface area contributed by atoms with Crippen molar-refractivity contribution >= 4 is 33.1 Å². The molecule has 0 amide bonds. The summed E-state index contributed by atoms with van der Waals surface area (Å²) in [6, 6.07) is 4.24. The van der Waals surface area contributed by atoms with Gasteiger partial charge in [0.15, 0.2) is 0 Å². The van der Waals surface area contributed by atoms with Crippen LogP contribution >= 0.6 is 11.3 Å². The summed E-state index contributed by atoms with van der Waals surface area (Å²) in [5, 5.41) is 2.11. The molecule has 136 valence electrons. The molecule has 0 unspecified atom stereocenters. The molecule has 23 heavy (non-hydrogen) atoms. The zero-order valence-corrected chi connectivity index (χ0v) is 15.6. The van der Waals surface area contributed by atoms with Gasteiger partial charge in [-0.3, -0.25) is 0 Å². The third kappa shape index (κ3) is 103. The van der Waals surface area contributed by atoms with E-state index < -0.39 is 21.8 Å². The quantitative estimate of drug-likeness (QED) is 0.490. The Labute approximate surface area is 172 Å². The van der Waals surface area contributed by atoms with Gasteiger partial charge in [0, 0.05) is 4.88 Å². The number of aryl methyl sites for hydroxylation is 1. The van der Waals surface area contributed by atoms with Gasteiger partial charge in [0.25, 0.3) is 0 Å². The van der Waals surface area contributed by atoms with Crippen LogP contribution in [0, 0.1) is 0 Å². The first-order valence-electron chi connectivity index (χ1n) is 5.07. The molecule has 1 rings (SSSR count). The zero-order valence-electron chi connectivity index (χ0n) is 12.6. The van der Waals surface area contributed by atoms with Gasteiger partial charge in [-0.1, -0.05) is 13.0 Å². The van der Waals surface area contributed by atoms with E-state index in [-0.39, 0.29) is 52.8 Å². The van der Waals surface area contributed by atoms with E-state index in [2.05, 4.69) is 24.4 Å². The summed E-state index contributed by atoms with van der Waals surface area (Å²) in [7, 11) is -18.0. The topological polar surface area (TPSA) is 0 Å². The van der Waals surface area contributed by atoms with Gasteiger partial charge >= 0.3 is 73.1 Å². The molecule has 0 radical (unpaired) electrons. The molecular formula is C6H9B3F12KS-3. The monoisotopic (exact) mass is 413 g/mol. The molecule has 1 aromatic heterocycles. The Morgan fingerprint density at radius 1 is 0.783 bits per heavy atom. The molecule has 0 aromatic carbocycles. The zero-order chi connectivity index (χ0) is 18.6. The van der Waals surface area contributed by atoms with Crippen molar-refractivity contribution in [3.63, 3.8) is 0 Å². The van der Waals surface area contributed by atoms with Crippen molar-refractivity contribution in [3.8, 4) is 0 Å². The summed E-state index contributed by atoms with van der Waals surface area (Å²) in [6.07, 6.45) is 1.18. The van der Waals surface area contributed by atoms with Crippen LogP contribution in [-0.2, 0) is 6.42 Å². The first kappa shape index (κ1) is 31.5. The van der Waals surface area contributed by atoms with Crippen molar-refractivity contribution in [2.24, 2.45) is 0 Å². The van der Waals surface area contributed by atoms with Crippen LogP contribution in [-0.4, -0.2) is 21.8 Å². The van der Waals surface area contributed by atoms with Gasteiger partial charge in [-0.15, -0.1) is 11.3 Å². The maximum absolute atomic E-state index is 9.75. The molecule has 0 spiro atoms. The van der Waals surface area contributed by atoms with Crippen LogP contribution in [0.15, 0.2) is 17.5 Å². The standard InChI is InChI=1S/C6H8S.3BF4.K.H/c1-2-6-4-3-5-7-6;3*2-1(3,4)5;;/h3-5H,2H2,1H3;;;;;/q;3*-1;+1;-1. The van der Waals surface area contributed by atoms with Crippen LogP contribution in [0.2, 0.25) is 0 Å². The molecule has 1 aromatic rings. The number of rotatable bonds is 1. The fraction of sp³-hybridized carbons (Fsp3) is 0.333. The maximum Gasteiger partial charge on any atom is 1.00 e. The second kappa shape index (κ2) is 15.0. The minimum Gasteiger partial charge on any atom is -1.00 e. The average molecular weight is 413 g/mol. The van der Waals surface area contributed by atoms with E-state index in [4.69, 9.17) is 0 Å². The van der Waals surface area contributed by atoms with E-state index in [1.54, 1.807) is 0 Å². The van der Waals surface area contributed by atoms with Crippen LogP contribution in [0.3, 0.4) is 0 Å². The maximum atomic E-state index is 9.75. The summed E-state index contributed by atoms with van der Waals surface area (Å²) in [5.41, 5.74) is 0. The Hall–Kier alpha value is 0.691. The van der Waals surface area contributed by atoms with Crippen LogP contribution in [0.25, 0.3) is 0 Å². The fourth-order valence-electron chi connectivity index (χ4n) is 0.514. The Balaban J connectivity index is -0.0000000661. The summed E-state index contributed by atoms with van der Waals surface area (Å²) < 4.78 is 117. The van der Waals surface area contributed by atoms with Gasteiger partial charge < -0.3 is 53.2 Å². The van der Waals surface area contributed by atoms with E-state index in [0.717, 1.165) is 0 Å². The van der Waals surface area contributed by atoms with Gasteiger partial charge in [0.05, 0.1) is 0 Å². The molecule has 17 heteroatoms. The van der Waals surface area contributed by atoms with Crippen molar-refractivity contribution in [1.82, 2.24) is 0 Å². The summed E-state index contributed by atoms with van der Waals surface area (Å²) in [5.74, 6) is 0. The molecule has 0 nitrogen and oxygen atoms in total. The second-order valence-corrected chi connectivity index (χ2v) is 3.95. The van der Waals surface area contributed by atoms with Crippen molar-refractivity contribution < 1.29 is 105 Å². The second-order valence-electron chi connectivity index (χ2n) is 2.92. The summed E-state index contributed by atoms with van der Waals surface area (Å²) in [6.45, 7) is 2.17. The van der Waals surface area contributed by atoms with Crippen molar-refractivity contribution in [2.45, 2.75) is 13.3 Å². The van der Waals surface area contributed by atoms with E-state index in [0.29, 0.717) is 0 Å². The normalized spacial score (nSPS) is 10.7. The molecule has 0 N–H and O–H groups in total. The number of hydrogen-bond acceptors (Lipinski definition) is 1. The van der Waals surface area contributed by atoms with E-state index in [1.807, 2.05) is 11.3 Å². The van der Waals surface area contributed by atoms with E-state index in [1.165, 1.54) is 11.3 Å². The third-order valence-electron chi connectivity index (χ3n) is 0.929. The molecule has 0 bridgehead atoms. The van der Waals surface area contributed by atoms with Gasteiger partial charge in [0.2, 0.25) is 0 Å². The molecule has 0 atom stereocenters. The molecule has 0 saturated carbocycles. The van der Waals surface area contributed by atoms with Crippen LogP contribution < -0.4 is 51.4 Å². The largest absolute Gasteiger partial charge is 1.00 e. The predicted octanol–water partition coefficient (Wildman–Crippen LogP) is 3.33. The SMILES string of the molecule is CCc1cccs1.F[B-](F)(F)F.F[B-](F)(F)F.F[B-](F)(F)F.[H-].[K+]. The first-order valence-corrected chi connectivity index (χ1v) is 5.95. The molecule has 0 aliphatic heterocycles. The molecule has 0 aliphatic rings. The Morgan fingerprint density at radius 3 is 1.13 bits per heavy atom. The Bertz CT molecular complexity index is 307. The Kier molecular flexibility index (Phi) is 20.5. The molecule has 1 heterocycles. The fourth-order valence-corrected chi connectivity index (χ4v) is 1.17. The first-order chi connectivity index (χ1) is 9.43. The number of halogens is 12. The van der Waals surface area contributed by atoms with Crippen LogP contribution in [0.1, 0.15) is 13.2 Å². The van der Waals surface area contributed by atoms with Gasteiger partial charge in [-0.2, -0.15) is 0 Å². The molecular weight excluding hydrogens is 404 g/mol. The van der Waals surface area contributed by atoms with Crippen molar-refractivity contribution in [2.75, 3.05) is 0 Å². The van der Waals surface area contributed by atoms with Gasteiger partial charge in [0.1, 0.15) is 0 Å². The van der Waals surface area contributed by atoms with Crippen LogP contribution in [0.4, 0.5) is 51.8 Å². The summed E-state index contributed by atoms with van der Waals surface area (Å²) in [4.78, 5) is 1.47. The minimum atomic E-state index is -6.00. The molecule has 0 fully saturated rings. The van der Waals surface area contributed by atoms with Gasteiger partial charge in [-0.05, 0) is 17.9 Å². The van der Waals surface area contributed by atoms with Crippen molar-refractivity contribution in [3.05, 3.63) is 22.4 Å². The third-order valence-corrected chi connectivity index (χ3v) is 1.95. The van der Waals surface area contributed by atoms with Gasteiger partial charge in [-0.25, -0.2) is 0 Å².